The molecule has 2 aliphatic heterocycles. The number of nitrogens with zero attached hydrogens (tertiary/aromatic N) is 3. The number of hydrogen-bond acceptors (Lipinski definition) is 10. The summed E-state index contributed by atoms with van der Waals surface area (Å²) >= 11 is 0.692. The molecule has 0 saturated heterocycles. The number of aryl methyl sites for hydroxylation is 1. The molecule has 4 N–H and O–H groups in total. The van der Waals surface area contributed by atoms with Crippen LogP contribution in [-0.4, -0.2) is 109 Å². The van der Waals surface area contributed by atoms with E-state index in [1.165, 1.54) is 16.6 Å². The maximum Gasteiger partial charge on any atom is 0.291 e. The van der Waals surface area contributed by atoms with Crippen molar-refractivity contribution in [1.82, 2.24) is 24.8 Å². The molecule has 0 radical (unpaired) electrons. The van der Waals surface area contributed by atoms with Crippen LogP contribution in [0.5, 0.6) is 0 Å². The van der Waals surface area contributed by atoms with Gasteiger partial charge in [-0.05, 0) is 75.3 Å². The van der Waals surface area contributed by atoms with Gasteiger partial charge in [0.25, 0.3) is 31.9 Å². The van der Waals surface area contributed by atoms with Crippen LogP contribution in [0.4, 0.5) is 5.69 Å². The van der Waals surface area contributed by atoms with Gasteiger partial charge in [0.05, 0.1) is 11.1 Å². The van der Waals surface area contributed by atoms with Gasteiger partial charge in [0, 0.05) is 80.4 Å². The van der Waals surface area contributed by atoms with Gasteiger partial charge in [-0.25, -0.2) is 8.42 Å². The van der Waals surface area contributed by atoms with Gasteiger partial charge in [-0.2, -0.15) is 17.1 Å². The molecule has 2 aliphatic rings. The first kappa shape index (κ1) is 39.5. The number of hydrogen-bond donors (Lipinski definition) is 4. The zero-order chi connectivity index (χ0) is 37.8. The zero-order valence-corrected chi connectivity index (χ0v) is 32.8. The van der Waals surface area contributed by atoms with Gasteiger partial charge in [-0.3, -0.25) is 9.59 Å². The van der Waals surface area contributed by atoms with E-state index in [0.29, 0.717) is 87.9 Å². The van der Waals surface area contributed by atoms with E-state index in [0.717, 1.165) is 19.6 Å². The minimum atomic E-state index is -4.28. The number of carbonyl (C=O) groups is 2. The molecule has 2 aromatic heterocycles. The highest BCUT2D eigenvalue weighted by atomic mass is 32.3. The van der Waals surface area contributed by atoms with Gasteiger partial charge in [0.2, 0.25) is 0 Å². The van der Waals surface area contributed by atoms with Crippen molar-refractivity contribution in [2.45, 2.75) is 55.5 Å². The van der Waals surface area contributed by atoms with Crippen LogP contribution in [0.3, 0.4) is 0 Å². The Bertz CT molecular complexity index is 2100. The topological polar surface area (TPSA) is 182 Å². The Hall–Kier alpha value is -3.71. The number of amides is 2. The Morgan fingerprint density at radius 1 is 1.19 bits per heavy atom. The number of aromatic amines is 1. The van der Waals surface area contributed by atoms with E-state index in [4.69, 9.17) is 4.74 Å². The van der Waals surface area contributed by atoms with Crippen LogP contribution in [0.25, 0.3) is 11.6 Å². The highest BCUT2D eigenvalue weighted by molar-refractivity contribution is 7.94. The Morgan fingerprint density at radius 3 is 2.63 bits per heavy atom. The summed E-state index contributed by atoms with van der Waals surface area (Å²) in [6.45, 7) is 14.1. The number of carbonyl (C=O) groups excluding carboxylic acids is 2. The molecule has 1 atom stereocenters. The summed E-state index contributed by atoms with van der Waals surface area (Å²) in [4.78, 5) is 31.7. The monoisotopic (exact) mass is 773 g/mol. The maximum atomic E-state index is 13.5. The van der Waals surface area contributed by atoms with Gasteiger partial charge >= 0.3 is 0 Å². The van der Waals surface area contributed by atoms with Crippen molar-refractivity contribution in [3.8, 4) is 0 Å². The van der Waals surface area contributed by atoms with E-state index in [-0.39, 0.29) is 39.4 Å². The average Bonchev–Trinajstić information content (AvgIpc) is 3.78. The molecule has 52 heavy (non-hydrogen) atoms. The summed E-state index contributed by atoms with van der Waals surface area (Å²) in [5.41, 5.74) is 4.77. The highest BCUT2D eigenvalue weighted by Gasteiger charge is 2.40. The summed E-state index contributed by atoms with van der Waals surface area (Å²) in [6.07, 6.45) is 3.37. The van der Waals surface area contributed by atoms with Crippen molar-refractivity contribution in [2.75, 3.05) is 64.8 Å². The summed E-state index contributed by atoms with van der Waals surface area (Å²) in [5, 5.41) is 9.10. The van der Waals surface area contributed by atoms with Crippen LogP contribution in [0.1, 0.15) is 77.2 Å². The molecule has 5 rings (SSSR count). The van der Waals surface area contributed by atoms with Crippen molar-refractivity contribution >= 4 is 66.7 Å². The molecule has 0 aliphatic carbocycles. The molecule has 0 saturated carbocycles. The Morgan fingerprint density at radius 2 is 1.94 bits per heavy atom. The molecule has 1 aromatic carbocycles. The normalized spacial score (nSPS) is 17.9. The van der Waals surface area contributed by atoms with Crippen LogP contribution < -0.4 is 16.0 Å². The number of anilines is 1. The molecule has 0 fully saturated rings. The highest BCUT2D eigenvalue weighted by Crippen LogP contribution is 2.41. The number of fused-ring (bicyclic) bond motifs is 2. The molecule has 3 aromatic rings. The van der Waals surface area contributed by atoms with E-state index < -0.39 is 20.0 Å². The number of likely N-dealkylation sites (N-methyl/N-ethyl adjacent to an activating group) is 2. The van der Waals surface area contributed by atoms with Crippen molar-refractivity contribution in [1.29, 1.82) is 0 Å². The predicted molar refractivity (Wildman–Crippen MR) is 204 cm³/mol. The number of benzene rings is 1. The van der Waals surface area contributed by atoms with E-state index in [2.05, 4.69) is 44.1 Å². The quantitative estimate of drug-likeness (QED) is 0.0958. The first-order chi connectivity index (χ1) is 24.7. The van der Waals surface area contributed by atoms with Gasteiger partial charge in [-0.15, -0.1) is 11.3 Å². The largest absolute Gasteiger partial charge is 0.385 e. The molecule has 4 heterocycles. The molecule has 17 heteroatoms. The van der Waals surface area contributed by atoms with Gasteiger partial charge in [-0.1, -0.05) is 26.8 Å². The third kappa shape index (κ3) is 8.25. The van der Waals surface area contributed by atoms with Gasteiger partial charge < -0.3 is 30.6 Å². The van der Waals surface area contributed by atoms with Crippen molar-refractivity contribution < 1.29 is 31.2 Å². The molecule has 0 bridgehead atoms. The minimum Gasteiger partial charge on any atom is -0.385 e. The minimum absolute atomic E-state index is 0.0112. The Kier molecular flexibility index (Phi) is 12.6. The second-order valence-corrected chi connectivity index (χ2v) is 17.6. The number of ether oxygens (including phenoxy) is 1. The van der Waals surface area contributed by atoms with E-state index in [1.807, 2.05) is 20.8 Å². The van der Waals surface area contributed by atoms with Gasteiger partial charge in [0.15, 0.2) is 0 Å². The SMILES string of the molecule is CCN[C@H]1CN(CCCOC)S(=O)(=O)c2sc(S(=O)(=O)N=Cc3ccc4c(c3)/C(=C/c3[nH]c(C)c(C(=O)NCCN(CC)CC)c3C)C(=O)N4)cc21. The van der Waals surface area contributed by atoms with Crippen molar-refractivity contribution in [2.24, 2.45) is 4.40 Å². The fourth-order valence-electron chi connectivity index (χ4n) is 6.44. The molecular weight excluding hydrogens is 727 g/mol. The summed E-state index contributed by atoms with van der Waals surface area (Å²) in [7, 11) is -6.65. The number of H-pyrrole nitrogens is 1. The van der Waals surface area contributed by atoms with Crippen molar-refractivity contribution in [3.05, 3.63) is 63.5 Å². The predicted octanol–water partition coefficient (Wildman–Crippen LogP) is 3.76. The molecule has 0 spiro atoms. The Balaban J connectivity index is 1.39. The number of rotatable bonds is 16. The second-order valence-electron chi connectivity index (χ2n) is 12.6. The lowest BCUT2D eigenvalue weighted by Crippen LogP contribution is -2.43. The van der Waals surface area contributed by atoms with Crippen LogP contribution in [-0.2, 0) is 29.6 Å². The number of methoxy groups -OCH3 is 1. The lowest BCUT2D eigenvalue weighted by atomic mass is 10.0. The molecule has 0 unspecified atom stereocenters. The fourth-order valence-corrected chi connectivity index (χ4v) is 11.2. The first-order valence-corrected chi connectivity index (χ1v) is 21.0. The third-order valence-corrected chi connectivity index (χ3v) is 14.5. The van der Waals surface area contributed by atoms with E-state index in [1.54, 1.807) is 31.4 Å². The summed E-state index contributed by atoms with van der Waals surface area (Å²) < 4.78 is 64.2. The summed E-state index contributed by atoms with van der Waals surface area (Å²) in [6, 6.07) is 5.98. The van der Waals surface area contributed by atoms with Crippen LogP contribution >= 0.6 is 11.3 Å². The van der Waals surface area contributed by atoms with Crippen molar-refractivity contribution in [3.63, 3.8) is 0 Å². The lowest BCUT2D eigenvalue weighted by molar-refractivity contribution is -0.110. The molecule has 282 valence electrons. The van der Waals surface area contributed by atoms with Crippen LogP contribution in [0, 0.1) is 13.8 Å². The second kappa shape index (κ2) is 16.5. The van der Waals surface area contributed by atoms with E-state index in [9.17, 15) is 26.4 Å². The van der Waals surface area contributed by atoms with E-state index >= 15 is 0 Å². The molecule has 14 nitrogen and oxygen atoms in total. The standard InChI is InChI=1S/C35H47N7O7S3/c1-7-36-30-21-42(14-10-16-49-6)52(47,48)35-27(30)19-31(50-35)51(45,46)38-20-24-11-12-28-25(17-24)26(33(43)40-28)18-29-22(4)32(23(5)39-29)34(44)37-13-15-41(8-2)9-3/h11-12,17-20,30,36,39H,7-10,13-16,21H2,1-6H3,(H,37,44)(H,40,43)/b26-18-,38-20?/t30-/m0/s1. The smallest absolute Gasteiger partial charge is 0.291 e. The first-order valence-electron chi connectivity index (χ1n) is 17.3. The number of sulfonamides is 2. The fraction of sp³-hybridized carbons (Fsp3) is 0.457. The number of thiophene rings is 1. The molecule has 2 amide bonds. The number of nitrogens with one attached hydrogen (secondary N) is 4. The Labute approximate surface area is 309 Å². The van der Waals surface area contributed by atoms with Gasteiger partial charge in [0.1, 0.15) is 8.42 Å². The number of aromatic nitrogens is 1. The maximum absolute atomic E-state index is 13.5. The summed E-state index contributed by atoms with van der Waals surface area (Å²) in [5.74, 6) is -0.537. The zero-order valence-electron chi connectivity index (χ0n) is 30.3. The van der Waals surface area contributed by atoms with Crippen LogP contribution in [0.2, 0.25) is 0 Å². The molecular formula is C35H47N7O7S3. The van der Waals surface area contributed by atoms with Crippen LogP contribution in [0.15, 0.2) is 37.1 Å². The average molecular weight is 774 g/mol. The third-order valence-electron chi connectivity index (χ3n) is 9.27. The lowest BCUT2D eigenvalue weighted by Gasteiger charge is -2.32.